The fourth-order valence-corrected chi connectivity index (χ4v) is 3.04. The number of carbonyl (C=O) groups excluding carboxylic acids is 1. The molecule has 0 aromatic carbocycles. The molecular weight excluding hydrogens is 316 g/mol. The minimum Gasteiger partial charge on any atom is -0.480 e. The lowest BCUT2D eigenvalue weighted by atomic mass is 10.0. The minimum atomic E-state index is -1.05. The average molecular weight is 332 g/mol. The summed E-state index contributed by atoms with van der Waals surface area (Å²) in [7, 11) is 0. The molecule has 1 aliphatic heterocycles. The third kappa shape index (κ3) is 2.68. The summed E-state index contributed by atoms with van der Waals surface area (Å²) in [4.78, 5) is 57.2. The van der Waals surface area contributed by atoms with E-state index in [-0.39, 0.29) is 16.7 Å². The van der Waals surface area contributed by atoms with Crippen molar-refractivity contribution in [2.45, 2.75) is 32.2 Å². The number of aryl methyl sites for hydroxylation is 1. The monoisotopic (exact) mass is 332 g/mol. The first-order chi connectivity index (χ1) is 11.4. The molecule has 0 radical (unpaired) electrons. The first kappa shape index (κ1) is 15.9. The van der Waals surface area contributed by atoms with E-state index in [1.807, 2.05) is 0 Å². The minimum absolute atomic E-state index is 0.00870. The maximum Gasteiger partial charge on any atom is 0.327 e. The number of fused-ring (bicyclic) bond motifs is 1. The van der Waals surface area contributed by atoms with Crippen molar-refractivity contribution in [1.29, 1.82) is 0 Å². The Morgan fingerprint density at radius 3 is 2.75 bits per heavy atom. The van der Waals surface area contributed by atoms with Gasteiger partial charge >= 0.3 is 11.7 Å². The van der Waals surface area contributed by atoms with Crippen LogP contribution in [0.25, 0.3) is 11.0 Å². The number of H-pyrrole nitrogens is 2. The maximum absolute atomic E-state index is 12.7. The van der Waals surface area contributed by atoms with E-state index >= 15 is 0 Å². The smallest absolute Gasteiger partial charge is 0.327 e. The summed E-state index contributed by atoms with van der Waals surface area (Å²) in [6, 6.07) is 0.549. The van der Waals surface area contributed by atoms with Gasteiger partial charge in [-0.05, 0) is 37.8 Å². The van der Waals surface area contributed by atoms with E-state index in [9.17, 15) is 24.3 Å². The van der Waals surface area contributed by atoms with Crippen LogP contribution in [-0.2, 0) is 4.79 Å². The molecule has 9 nitrogen and oxygen atoms in total. The van der Waals surface area contributed by atoms with Gasteiger partial charge in [0.1, 0.15) is 17.4 Å². The van der Waals surface area contributed by atoms with Crippen LogP contribution in [-0.4, -0.2) is 49.4 Å². The number of carboxylic acids is 1. The summed E-state index contributed by atoms with van der Waals surface area (Å²) in [5.41, 5.74) is -0.806. The van der Waals surface area contributed by atoms with Gasteiger partial charge in [0.2, 0.25) is 0 Å². The topological polar surface area (TPSA) is 136 Å². The number of rotatable bonds is 2. The number of likely N-dealkylation sites (tertiary alicyclic amines) is 1. The van der Waals surface area contributed by atoms with Gasteiger partial charge in [0.15, 0.2) is 0 Å². The second kappa shape index (κ2) is 5.91. The normalized spacial score (nSPS) is 17.9. The van der Waals surface area contributed by atoms with E-state index in [1.54, 1.807) is 6.92 Å². The molecule has 0 bridgehead atoms. The van der Waals surface area contributed by atoms with E-state index in [0.29, 0.717) is 18.5 Å². The fraction of sp³-hybridized carbons (Fsp3) is 0.400. The summed E-state index contributed by atoms with van der Waals surface area (Å²) in [5.74, 6) is -1.57. The van der Waals surface area contributed by atoms with Gasteiger partial charge in [-0.25, -0.2) is 14.6 Å². The quantitative estimate of drug-likeness (QED) is 0.708. The summed E-state index contributed by atoms with van der Waals surface area (Å²) >= 11 is 0. The first-order valence-electron chi connectivity index (χ1n) is 7.56. The number of aromatic amines is 2. The number of aliphatic carboxylic acids is 1. The van der Waals surface area contributed by atoms with Gasteiger partial charge in [0.05, 0.1) is 5.39 Å². The first-order valence-corrected chi connectivity index (χ1v) is 7.56. The fourth-order valence-electron chi connectivity index (χ4n) is 3.04. The Kier molecular flexibility index (Phi) is 3.92. The van der Waals surface area contributed by atoms with Crippen LogP contribution in [0.15, 0.2) is 15.7 Å². The zero-order chi connectivity index (χ0) is 17.4. The lowest BCUT2D eigenvalue weighted by molar-refractivity contribution is -0.143. The third-order valence-electron chi connectivity index (χ3n) is 4.17. The van der Waals surface area contributed by atoms with Crippen molar-refractivity contribution >= 4 is 22.9 Å². The maximum atomic E-state index is 12.7. The van der Waals surface area contributed by atoms with Crippen LogP contribution >= 0.6 is 0 Å². The Morgan fingerprint density at radius 2 is 2.04 bits per heavy atom. The molecule has 0 saturated carbocycles. The highest BCUT2D eigenvalue weighted by molar-refractivity contribution is 5.97. The van der Waals surface area contributed by atoms with Gasteiger partial charge in [0.25, 0.3) is 11.5 Å². The Labute approximate surface area is 135 Å². The highest BCUT2D eigenvalue weighted by atomic mass is 16.4. The molecule has 2 aromatic heterocycles. The molecule has 3 N–H and O–H groups in total. The van der Waals surface area contributed by atoms with E-state index in [0.717, 1.165) is 12.8 Å². The largest absolute Gasteiger partial charge is 0.480 e. The molecule has 2 aromatic rings. The highest BCUT2D eigenvalue weighted by Gasteiger charge is 2.33. The van der Waals surface area contributed by atoms with Crippen molar-refractivity contribution in [3.63, 3.8) is 0 Å². The van der Waals surface area contributed by atoms with Crippen molar-refractivity contribution in [3.05, 3.63) is 38.2 Å². The Morgan fingerprint density at radius 1 is 1.29 bits per heavy atom. The van der Waals surface area contributed by atoms with E-state index in [2.05, 4.69) is 15.0 Å². The second-order valence-corrected chi connectivity index (χ2v) is 5.80. The lowest BCUT2D eigenvalue weighted by Gasteiger charge is -2.32. The predicted octanol–water partition coefficient (Wildman–Crippen LogP) is -0.000880. The van der Waals surface area contributed by atoms with Crippen LogP contribution in [0.2, 0.25) is 0 Å². The van der Waals surface area contributed by atoms with Gasteiger partial charge in [-0.1, -0.05) is 0 Å². The number of carbonyl (C=O) groups is 2. The molecule has 126 valence electrons. The molecule has 1 unspecified atom stereocenters. The number of carboxylic acid groups (broad SMARTS) is 1. The number of pyridine rings is 1. The van der Waals surface area contributed by atoms with Crippen molar-refractivity contribution in [2.75, 3.05) is 6.54 Å². The summed E-state index contributed by atoms with van der Waals surface area (Å²) < 4.78 is 0. The average Bonchev–Trinajstić information content (AvgIpc) is 2.52. The highest BCUT2D eigenvalue weighted by Crippen LogP contribution is 2.20. The van der Waals surface area contributed by atoms with Crippen molar-refractivity contribution < 1.29 is 14.7 Å². The van der Waals surface area contributed by atoms with Crippen LogP contribution in [0.1, 0.15) is 35.3 Å². The number of piperidine rings is 1. The number of aromatic nitrogens is 3. The number of hydrogen-bond acceptors (Lipinski definition) is 5. The zero-order valence-corrected chi connectivity index (χ0v) is 13.0. The van der Waals surface area contributed by atoms with Gasteiger partial charge in [-0.2, -0.15) is 0 Å². The molecule has 3 heterocycles. The van der Waals surface area contributed by atoms with Crippen LogP contribution in [0, 0.1) is 6.92 Å². The van der Waals surface area contributed by atoms with E-state index in [1.165, 1.54) is 11.0 Å². The van der Waals surface area contributed by atoms with Crippen molar-refractivity contribution in [1.82, 2.24) is 19.9 Å². The number of nitrogens with one attached hydrogen (secondary N) is 2. The number of hydrogen-bond donors (Lipinski definition) is 3. The molecule has 1 saturated heterocycles. The Hall–Kier alpha value is -2.97. The molecule has 1 fully saturated rings. The Balaban J connectivity index is 2.08. The number of nitrogens with zero attached hydrogens (tertiary/aromatic N) is 2. The van der Waals surface area contributed by atoms with Gasteiger partial charge < -0.3 is 10.0 Å². The van der Waals surface area contributed by atoms with Crippen LogP contribution in [0.3, 0.4) is 0 Å². The van der Waals surface area contributed by atoms with Crippen LogP contribution < -0.4 is 11.2 Å². The molecule has 0 aliphatic carbocycles. The number of amides is 1. The molecule has 24 heavy (non-hydrogen) atoms. The van der Waals surface area contributed by atoms with Gasteiger partial charge in [0, 0.05) is 6.54 Å². The van der Waals surface area contributed by atoms with E-state index in [4.69, 9.17) is 0 Å². The van der Waals surface area contributed by atoms with Gasteiger partial charge in [-0.3, -0.25) is 19.6 Å². The standard InChI is InChI=1S/C15H16N4O5/c1-7-6-8(16-11-10(7)12(20)18-15(24)17-11)13(21)19-5-3-2-4-9(19)14(22)23/h6,9H,2-5H2,1H3,(H,22,23)(H2,16,17,18,20,24). The van der Waals surface area contributed by atoms with Crippen molar-refractivity contribution in [2.24, 2.45) is 0 Å². The summed E-state index contributed by atoms with van der Waals surface area (Å²) in [6.07, 6.45) is 1.86. The molecule has 9 heteroatoms. The van der Waals surface area contributed by atoms with Gasteiger partial charge in [-0.15, -0.1) is 0 Å². The lowest BCUT2D eigenvalue weighted by Crippen LogP contribution is -2.48. The zero-order valence-electron chi connectivity index (χ0n) is 13.0. The predicted molar refractivity (Wildman–Crippen MR) is 84.0 cm³/mol. The van der Waals surface area contributed by atoms with E-state index < -0.39 is 29.2 Å². The molecule has 1 amide bonds. The summed E-state index contributed by atoms with van der Waals surface area (Å²) in [5, 5.41) is 9.49. The summed E-state index contributed by atoms with van der Waals surface area (Å²) in [6.45, 7) is 1.96. The molecule has 1 aliphatic rings. The van der Waals surface area contributed by atoms with Crippen LogP contribution in [0.4, 0.5) is 0 Å². The SMILES string of the molecule is Cc1cc(C(=O)N2CCCCC2C(=O)O)nc2[nH]c(=O)[nH]c(=O)c12. The molecule has 0 spiro atoms. The molecule has 3 rings (SSSR count). The van der Waals surface area contributed by atoms with Crippen molar-refractivity contribution in [3.8, 4) is 0 Å². The molecule has 1 atom stereocenters. The van der Waals surface area contributed by atoms with Crippen LogP contribution in [0.5, 0.6) is 0 Å². The molecular formula is C15H16N4O5. The Bertz CT molecular complexity index is 945. The third-order valence-corrected chi connectivity index (χ3v) is 4.17. The second-order valence-electron chi connectivity index (χ2n) is 5.80.